The Hall–Kier alpha value is -1.04. The maximum atomic E-state index is 11.6. The molecule has 0 fully saturated rings. The Kier molecular flexibility index (Phi) is 12.3. The van der Waals surface area contributed by atoms with Crippen molar-refractivity contribution in [3.8, 4) is 0 Å². The summed E-state index contributed by atoms with van der Waals surface area (Å²) in [7, 11) is 3.81. The van der Waals surface area contributed by atoms with E-state index >= 15 is 0 Å². The van der Waals surface area contributed by atoms with Gasteiger partial charge in [-0.1, -0.05) is 12.7 Å². The van der Waals surface area contributed by atoms with E-state index in [1.165, 1.54) is 0 Å². The summed E-state index contributed by atoms with van der Waals surface area (Å²) in [6, 6.07) is 0. The molecule has 0 saturated heterocycles. The minimum absolute atomic E-state index is 0.0299. The second-order valence-corrected chi connectivity index (χ2v) is 7.13. The lowest BCUT2D eigenvalue weighted by atomic mass is 10.4. The van der Waals surface area contributed by atoms with Crippen LogP contribution in [-0.4, -0.2) is 68.0 Å². The lowest BCUT2D eigenvalue weighted by molar-refractivity contribution is -0.861. The minimum atomic E-state index is -1.86. The first-order valence-corrected chi connectivity index (χ1v) is 7.93. The lowest BCUT2D eigenvalue weighted by Gasteiger charge is -2.22. The van der Waals surface area contributed by atoms with Gasteiger partial charge in [0.05, 0.1) is 28.9 Å². The van der Waals surface area contributed by atoms with Gasteiger partial charge in [0.15, 0.2) is 6.54 Å². The van der Waals surface area contributed by atoms with E-state index in [-0.39, 0.29) is 18.2 Å². The smallest absolute Gasteiger partial charge is 0.333 e. The average molecular weight is 319 g/mol. The third-order valence-corrected chi connectivity index (χ3v) is 3.25. The molecule has 1 atom stereocenters. The van der Waals surface area contributed by atoms with Crippen LogP contribution in [-0.2, 0) is 9.53 Å². The SMILES string of the molecule is C=C(C)C(=O)OCC/[P+]([O-])=C(\O)C[N+](C)(C)C.C=CCN. The minimum Gasteiger partial charge on any atom is -0.628 e. The van der Waals surface area contributed by atoms with Crippen molar-refractivity contribution < 1.29 is 24.0 Å². The molecular formula is C14H28N2O4P+. The average Bonchev–Trinajstić information content (AvgIpc) is 2.36. The van der Waals surface area contributed by atoms with E-state index in [1.54, 1.807) is 13.0 Å². The molecule has 1 unspecified atom stereocenters. The fourth-order valence-corrected chi connectivity index (χ4v) is 2.07. The molecule has 0 aliphatic carbocycles. The fourth-order valence-electron chi connectivity index (χ4n) is 0.977. The van der Waals surface area contributed by atoms with Crippen LogP contribution in [0.15, 0.2) is 24.8 Å². The number of nitrogens with two attached hydrogens (primary N) is 1. The van der Waals surface area contributed by atoms with Crippen LogP contribution in [0, 0.1) is 0 Å². The highest BCUT2D eigenvalue weighted by Gasteiger charge is 2.17. The molecular weight excluding hydrogens is 291 g/mol. The molecule has 0 bridgehead atoms. The first kappa shape index (κ1) is 22.2. The molecule has 0 rings (SSSR count). The zero-order valence-corrected chi connectivity index (χ0v) is 14.4. The molecule has 122 valence electrons. The van der Waals surface area contributed by atoms with Gasteiger partial charge in [-0.15, -0.1) is 6.58 Å². The summed E-state index contributed by atoms with van der Waals surface area (Å²) in [5.74, 6) is -0.500. The maximum absolute atomic E-state index is 11.6. The number of aliphatic hydroxyl groups is 1. The predicted molar refractivity (Wildman–Crippen MR) is 86.7 cm³/mol. The van der Waals surface area contributed by atoms with Crippen molar-refractivity contribution in [1.29, 1.82) is 0 Å². The van der Waals surface area contributed by atoms with Gasteiger partial charge in [-0.2, -0.15) is 0 Å². The van der Waals surface area contributed by atoms with E-state index in [1.807, 2.05) is 21.1 Å². The van der Waals surface area contributed by atoms with Gasteiger partial charge in [-0.3, -0.25) is 0 Å². The number of aliphatic hydroxyl groups excluding tert-OH is 1. The summed E-state index contributed by atoms with van der Waals surface area (Å²) < 4.78 is 5.30. The summed E-state index contributed by atoms with van der Waals surface area (Å²) in [6.07, 6.45) is 1.79. The molecule has 7 heteroatoms. The molecule has 0 saturated carbocycles. The van der Waals surface area contributed by atoms with Crippen molar-refractivity contribution in [2.45, 2.75) is 6.92 Å². The van der Waals surface area contributed by atoms with E-state index in [2.05, 4.69) is 13.2 Å². The third-order valence-electron chi connectivity index (χ3n) is 1.95. The highest BCUT2D eigenvalue weighted by molar-refractivity contribution is 7.51. The number of nitrogens with zero attached hydrogens (tertiary/aromatic N) is 1. The Labute approximate surface area is 128 Å². The molecule has 3 N–H and O–H groups in total. The Morgan fingerprint density at radius 1 is 1.48 bits per heavy atom. The van der Waals surface area contributed by atoms with Gasteiger partial charge in [0.25, 0.3) is 5.48 Å². The second kappa shape index (κ2) is 11.6. The van der Waals surface area contributed by atoms with Crippen LogP contribution in [0.5, 0.6) is 0 Å². The van der Waals surface area contributed by atoms with Gasteiger partial charge in [0.2, 0.25) is 0 Å². The number of hydrogen-bond acceptors (Lipinski definition) is 4. The first-order valence-electron chi connectivity index (χ1n) is 6.48. The van der Waals surface area contributed by atoms with Gasteiger partial charge < -0.3 is 25.0 Å². The van der Waals surface area contributed by atoms with Crippen molar-refractivity contribution in [2.24, 2.45) is 5.73 Å². The molecule has 0 amide bonds. The summed E-state index contributed by atoms with van der Waals surface area (Å²) in [5.41, 5.74) is 5.17. The first-order chi connectivity index (χ1) is 9.55. The molecule has 0 spiro atoms. The van der Waals surface area contributed by atoms with E-state index in [0.29, 0.717) is 23.1 Å². The van der Waals surface area contributed by atoms with E-state index in [0.717, 1.165) is 0 Å². The monoisotopic (exact) mass is 319 g/mol. The Morgan fingerprint density at radius 2 is 1.95 bits per heavy atom. The van der Waals surface area contributed by atoms with Crippen molar-refractivity contribution in [1.82, 2.24) is 0 Å². The van der Waals surface area contributed by atoms with Gasteiger partial charge in [0, 0.05) is 12.1 Å². The number of ether oxygens (including phenoxy) is 1. The van der Waals surface area contributed by atoms with Crippen molar-refractivity contribution in [2.75, 3.05) is 47.0 Å². The molecule has 0 heterocycles. The molecule has 6 nitrogen and oxygen atoms in total. The van der Waals surface area contributed by atoms with E-state index in [4.69, 9.17) is 10.5 Å². The molecule has 0 aromatic heterocycles. The number of rotatable bonds is 7. The number of likely N-dealkylation sites (N-methyl/N-ethyl adjacent to an activating group) is 1. The summed E-state index contributed by atoms with van der Waals surface area (Å²) in [6.45, 7) is 9.27. The molecule has 0 aliphatic heterocycles. The largest absolute Gasteiger partial charge is 0.628 e. The highest BCUT2D eigenvalue weighted by Crippen LogP contribution is 2.13. The zero-order valence-electron chi connectivity index (χ0n) is 13.5. The van der Waals surface area contributed by atoms with Gasteiger partial charge >= 0.3 is 5.97 Å². The standard InChI is InChI=1S/C11H20NO4P.C3H7N/c1-9(2)11(14)16-6-7-17(15)10(13)8-12(3,4)5;1-2-3-4/h1,6-8H2,2-5H3;2H,1,3-4H2/p+1. The number of carbonyl (C=O) groups is 1. The molecule has 0 aromatic carbocycles. The number of hydrogen-bond donors (Lipinski definition) is 2. The maximum Gasteiger partial charge on any atom is 0.333 e. The highest BCUT2D eigenvalue weighted by atomic mass is 31.1. The summed E-state index contributed by atoms with van der Waals surface area (Å²) in [4.78, 5) is 22.6. The quantitative estimate of drug-likeness (QED) is 0.230. The lowest BCUT2D eigenvalue weighted by Crippen LogP contribution is -2.39. The van der Waals surface area contributed by atoms with Crippen molar-refractivity contribution in [3.63, 3.8) is 0 Å². The third kappa shape index (κ3) is 15.2. The fraction of sp³-hybridized carbons (Fsp3) is 0.571. The van der Waals surface area contributed by atoms with E-state index in [9.17, 15) is 14.8 Å². The van der Waals surface area contributed by atoms with Gasteiger partial charge in [-0.05, 0) is 6.92 Å². The molecule has 21 heavy (non-hydrogen) atoms. The topological polar surface area (TPSA) is 95.6 Å². The van der Waals surface area contributed by atoms with Crippen LogP contribution in [0.4, 0.5) is 0 Å². The van der Waals surface area contributed by atoms with Gasteiger partial charge in [-0.25, -0.2) is 4.79 Å². The Bertz CT molecular complexity index is 387. The number of carbonyl (C=O) groups excluding carboxylic acids is 1. The van der Waals surface area contributed by atoms with E-state index < -0.39 is 13.7 Å². The van der Waals surface area contributed by atoms with Crippen LogP contribution >= 0.6 is 7.77 Å². The van der Waals surface area contributed by atoms with Gasteiger partial charge in [0.1, 0.15) is 12.8 Å². The normalized spacial score (nSPS) is 11.8. The second-order valence-electron chi connectivity index (χ2n) is 5.41. The Balaban J connectivity index is 0. The van der Waals surface area contributed by atoms with Crippen LogP contribution in [0.3, 0.4) is 0 Å². The number of quaternary nitrogens is 1. The predicted octanol–water partition coefficient (Wildman–Crippen LogP) is 0.203. The van der Waals surface area contributed by atoms with Crippen LogP contribution in [0.2, 0.25) is 0 Å². The zero-order chi connectivity index (χ0) is 17.1. The summed E-state index contributed by atoms with van der Waals surface area (Å²) in [5, 5.41) is 9.59. The molecule has 0 aromatic rings. The van der Waals surface area contributed by atoms with Crippen molar-refractivity contribution in [3.05, 3.63) is 24.8 Å². The van der Waals surface area contributed by atoms with Crippen LogP contribution in [0.1, 0.15) is 6.92 Å². The van der Waals surface area contributed by atoms with Crippen LogP contribution in [0.25, 0.3) is 0 Å². The summed E-state index contributed by atoms with van der Waals surface area (Å²) >= 11 is 0. The molecule has 0 aliphatic rings. The molecule has 0 radical (unpaired) electrons. The Morgan fingerprint density at radius 3 is 2.29 bits per heavy atom. The van der Waals surface area contributed by atoms with Crippen molar-refractivity contribution >= 4 is 19.2 Å². The number of esters is 1. The van der Waals surface area contributed by atoms with Crippen LogP contribution < -0.4 is 10.6 Å².